The fourth-order valence-corrected chi connectivity index (χ4v) is 1.89. The molecule has 0 spiro atoms. The fraction of sp³-hybridized carbons (Fsp3) is 0.455. The fourth-order valence-electron chi connectivity index (χ4n) is 1.89. The van der Waals surface area contributed by atoms with Gasteiger partial charge in [0.05, 0.1) is 6.61 Å². The van der Waals surface area contributed by atoms with E-state index in [1.165, 1.54) is 0 Å². The van der Waals surface area contributed by atoms with Gasteiger partial charge < -0.3 is 10.5 Å². The lowest BCUT2D eigenvalue weighted by atomic mass is 9.99. The minimum absolute atomic E-state index is 0.332. The Bertz CT molecular complexity index is 379. The number of rotatable bonds is 2. The van der Waals surface area contributed by atoms with Crippen molar-refractivity contribution in [1.29, 1.82) is 0 Å². The van der Waals surface area contributed by atoms with Crippen molar-refractivity contribution in [2.75, 3.05) is 13.2 Å². The standard InChI is InChI=1S/C11H13F2NO/c12-9-6-10(13)8(3-4-14)11-7(9)2-1-5-15-11/h6H,1-5,14H2. The van der Waals surface area contributed by atoms with Crippen molar-refractivity contribution >= 4 is 0 Å². The van der Waals surface area contributed by atoms with E-state index in [0.717, 1.165) is 12.5 Å². The second-order valence-electron chi connectivity index (χ2n) is 3.62. The molecule has 2 rings (SSSR count). The summed E-state index contributed by atoms with van der Waals surface area (Å²) in [7, 11) is 0. The molecule has 0 unspecified atom stereocenters. The van der Waals surface area contributed by atoms with Gasteiger partial charge in [0.25, 0.3) is 0 Å². The van der Waals surface area contributed by atoms with Gasteiger partial charge >= 0.3 is 0 Å². The van der Waals surface area contributed by atoms with Crippen molar-refractivity contribution in [3.05, 3.63) is 28.8 Å². The van der Waals surface area contributed by atoms with Crippen LogP contribution in [0, 0.1) is 11.6 Å². The first-order valence-electron chi connectivity index (χ1n) is 5.06. The highest BCUT2D eigenvalue weighted by molar-refractivity contribution is 5.44. The van der Waals surface area contributed by atoms with Crippen LogP contribution in [0.1, 0.15) is 17.5 Å². The van der Waals surface area contributed by atoms with Crippen LogP contribution in [0.5, 0.6) is 5.75 Å². The molecule has 2 nitrogen and oxygen atoms in total. The summed E-state index contributed by atoms with van der Waals surface area (Å²) >= 11 is 0. The van der Waals surface area contributed by atoms with Gasteiger partial charge in [-0.25, -0.2) is 8.78 Å². The number of nitrogens with two attached hydrogens (primary N) is 1. The molecule has 0 atom stereocenters. The van der Waals surface area contributed by atoms with E-state index in [0.29, 0.717) is 42.9 Å². The van der Waals surface area contributed by atoms with Crippen LogP contribution >= 0.6 is 0 Å². The van der Waals surface area contributed by atoms with Gasteiger partial charge in [-0.1, -0.05) is 0 Å². The third kappa shape index (κ3) is 1.81. The van der Waals surface area contributed by atoms with E-state index in [1.54, 1.807) is 0 Å². The summed E-state index contributed by atoms with van der Waals surface area (Å²) in [5.41, 5.74) is 6.29. The van der Waals surface area contributed by atoms with Crippen LogP contribution in [-0.4, -0.2) is 13.2 Å². The molecule has 0 radical (unpaired) electrons. The van der Waals surface area contributed by atoms with Gasteiger partial charge in [0.1, 0.15) is 17.4 Å². The molecule has 1 aliphatic rings. The average Bonchev–Trinajstić information content (AvgIpc) is 2.24. The summed E-state index contributed by atoms with van der Waals surface area (Å²) in [6.45, 7) is 0.853. The Balaban J connectivity index is 2.53. The summed E-state index contributed by atoms with van der Waals surface area (Å²) in [6, 6.07) is 0.929. The largest absolute Gasteiger partial charge is 0.493 e. The second-order valence-corrected chi connectivity index (χ2v) is 3.62. The Morgan fingerprint density at radius 2 is 2.13 bits per heavy atom. The first kappa shape index (κ1) is 10.4. The monoisotopic (exact) mass is 213 g/mol. The molecule has 82 valence electrons. The molecule has 0 saturated heterocycles. The normalized spacial score (nSPS) is 14.6. The molecule has 0 amide bonds. The Labute approximate surface area is 87.0 Å². The number of fused-ring (bicyclic) bond motifs is 1. The molecule has 1 heterocycles. The van der Waals surface area contributed by atoms with Crippen molar-refractivity contribution in [3.63, 3.8) is 0 Å². The Hall–Kier alpha value is -1.16. The minimum Gasteiger partial charge on any atom is -0.493 e. The van der Waals surface area contributed by atoms with Crippen molar-refractivity contribution in [1.82, 2.24) is 0 Å². The molecule has 0 fully saturated rings. The lowest BCUT2D eigenvalue weighted by Gasteiger charge is -2.21. The highest BCUT2D eigenvalue weighted by atomic mass is 19.1. The predicted octanol–water partition coefficient (Wildman–Crippen LogP) is 1.79. The van der Waals surface area contributed by atoms with E-state index in [9.17, 15) is 8.78 Å². The number of halogens is 2. The second kappa shape index (κ2) is 4.14. The lowest BCUT2D eigenvalue weighted by Crippen LogP contribution is -2.15. The SMILES string of the molecule is NCCc1c(F)cc(F)c2c1OCCC2. The third-order valence-electron chi connectivity index (χ3n) is 2.59. The molecule has 1 aromatic rings. The van der Waals surface area contributed by atoms with Crippen molar-refractivity contribution < 1.29 is 13.5 Å². The Morgan fingerprint density at radius 3 is 2.87 bits per heavy atom. The quantitative estimate of drug-likeness (QED) is 0.812. The predicted molar refractivity (Wildman–Crippen MR) is 52.9 cm³/mol. The first-order chi connectivity index (χ1) is 7.24. The van der Waals surface area contributed by atoms with Crippen LogP contribution in [0.2, 0.25) is 0 Å². The zero-order valence-electron chi connectivity index (χ0n) is 8.35. The lowest BCUT2D eigenvalue weighted by molar-refractivity contribution is 0.278. The van der Waals surface area contributed by atoms with Crippen molar-refractivity contribution in [3.8, 4) is 5.75 Å². The first-order valence-corrected chi connectivity index (χ1v) is 5.06. The van der Waals surface area contributed by atoms with Crippen molar-refractivity contribution in [2.24, 2.45) is 5.73 Å². The van der Waals surface area contributed by atoms with Gasteiger partial charge in [0, 0.05) is 17.2 Å². The van der Waals surface area contributed by atoms with Crippen LogP contribution < -0.4 is 10.5 Å². The van der Waals surface area contributed by atoms with E-state index in [1.807, 2.05) is 0 Å². The maximum Gasteiger partial charge on any atom is 0.133 e. The summed E-state index contributed by atoms with van der Waals surface area (Å²) in [4.78, 5) is 0. The molecular weight excluding hydrogens is 200 g/mol. The van der Waals surface area contributed by atoms with Gasteiger partial charge in [-0.15, -0.1) is 0 Å². The van der Waals surface area contributed by atoms with Crippen LogP contribution in [0.3, 0.4) is 0 Å². The highest BCUT2D eigenvalue weighted by Crippen LogP contribution is 2.33. The molecule has 2 N–H and O–H groups in total. The summed E-state index contributed by atoms with van der Waals surface area (Å²) in [5, 5.41) is 0. The molecule has 4 heteroatoms. The van der Waals surface area contributed by atoms with Crippen LogP contribution in [-0.2, 0) is 12.8 Å². The van der Waals surface area contributed by atoms with Crippen LogP contribution in [0.4, 0.5) is 8.78 Å². The van der Waals surface area contributed by atoms with Crippen LogP contribution in [0.15, 0.2) is 6.07 Å². The van der Waals surface area contributed by atoms with E-state index in [4.69, 9.17) is 10.5 Å². The van der Waals surface area contributed by atoms with E-state index >= 15 is 0 Å². The summed E-state index contributed by atoms with van der Waals surface area (Å²) < 4.78 is 32.2. The van der Waals surface area contributed by atoms with Gasteiger partial charge in [0.15, 0.2) is 0 Å². The Morgan fingerprint density at radius 1 is 1.33 bits per heavy atom. The molecule has 0 bridgehead atoms. The van der Waals surface area contributed by atoms with Gasteiger partial charge in [-0.2, -0.15) is 0 Å². The zero-order valence-corrected chi connectivity index (χ0v) is 8.35. The molecule has 0 aliphatic carbocycles. The Kier molecular flexibility index (Phi) is 2.86. The summed E-state index contributed by atoms with van der Waals surface area (Å²) in [5.74, 6) is -0.689. The minimum atomic E-state index is -0.557. The van der Waals surface area contributed by atoms with Gasteiger partial charge in [-0.3, -0.25) is 0 Å². The number of hydrogen-bond acceptors (Lipinski definition) is 2. The van der Waals surface area contributed by atoms with Crippen molar-refractivity contribution in [2.45, 2.75) is 19.3 Å². The maximum atomic E-state index is 13.4. The molecular formula is C11H13F2NO. The average molecular weight is 213 g/mol. The third-order valence-corrected chi connectivity index (χ3v) is 2.59. The molecule has 1 aliphatic heterocycles. The van der Waals surface area contributed by atoms with E-state index in [-0.39, 0.29) is 0 Å². The van der Waals surface area contributed by atoms with Gasteiger partial charge in [-0.05, 0) is 25.8 Å². The topological polar surface area (TPSA) is 35.2 Å². The van der Waals surface area contributed by atoms with Crippen LogP contribution in [0.25, 0.3) is 0 Å². The smallest absolute Gasteiger partial charge is 0.133 e. The van der Waals surface area contributed by atoms with Gasteiger partial charge in [0.2, 0.25) is 0 Å². The molecule has 15 heavy (non-hydrogen) atoms. The number of ether oxygens (including phenoxy) is 1. The molecule has 0 aromatic heterocycles. The van der Waals surface area contributed by atoms with E-state index in [2.05, 4.69) is 0 Å². The number of benzene rings is 1. The molecule has 0 saturated carbocycles. The zero-order chi connectivity index (χ0) is 10.8. The summed E-state index contributed by atoms with van der Waals surface area (Å²) in [6.07, 6.45) is 1.77. The highest BCUT2D eigenvalue weighted by Gasteiger charge is 2.21. The molecule has 1 aromatic carbocycles. The number of hydrogen-bond donors (Lipinski definition) is 1. The maximum absolute atomic E-state index is 13.4. The van der Waals surface area contributed by atoms with E-state index < -0.39 is 11.6 Å².